The number of likely N-dealkylation sites (tertiary alicyclic amines) is 1. The molecule has 1 aliphatic rings. The lowest BCUT2D eigenvalue weighted by Gasteiger charge is -2.49. The average molecular weight is 241 g/mol. The lowest BCUT2D eigenvalue weighted by Crippen LogP contribution is -2.64. The zero-order valence-electron chi connectivity index (χ0n) is 12.0. The molecule has 102 valence electrons. The van der Waals surface area contributed by atoms with E-state index >= 15 is 0 Å². The van der Waals surface area contributed by atoms with E-state index < -0.39 is 0 Å². The van der Waals surface area contributed by atoms with Gasteiger partial charge in [-0.15, -0.1) is 0 Å². The second-order valence-electron chi connectivity index (χ2n) is 6.09. The molecule has 1 fully saturated rings. The Kier molecular flexibility index (Phi) is 6.50. The molecule has 1 N–H and O–H groups in total. The highest BCUT2D eigenvalue weighted by Gasteiger charge is 2.42. The third-order valence-electron chi connectivity index (χ3n) is 4.15. The van der Waals surface area contributed by atoms with Crippen LogP contribution in [0, 0.1) is 5.92 Å². The average Bonchev–Trinajstić information content (AvgIpc) is 2.24. The summed E-state index contributed by atoms with van der Waals surface area (Å²) in [6.07, 6.45) is 9.61. The summed E-state index contributed by atoms with van der Waals surface area (Å²) in [7, 11) is 0. The van der Waals surface area contributed by atoms with E-state index in [-0.39, 0.29) is 5.60 Å². The monoisotopic (exact) mass is 241 g/mol. The predicted octanol–water partition coefficient (Wildman–Crippen LogP) is 3.44. The van der Waals surface area contributed by atoms with Crippen LogP contribution in [-0.4, -0.2) is 35.2 Å². The maximum atomic E-state index is 10.1. The number of unbranched alkanes of at least 4 members (excludes halogenated alkanes) is 6. The summed E-state index contributed by atoms with van der Waals surface area (Å²) >= 11 is 0. The summed E-state index contributed by atoms with van der Waals surface area (Å²) in [5.41, 5.74) is -0.388. The number of rotatable bonds is 9. The first-order valence-corrected chi connectivity index (χ1v) is 7.53. The zero-order chi connectivity index (χ0) is 12.7. The molecular weight excluding hydrogens is 210 g/mol. The van der Waals surface area contributed by atoms with Crippen molar-refractivity contribution in [2.24, 2.45) is 5.92 Å². The number of hydrogen-bond acceptors (Lipinski definition) is 2. The molecule has 1 aliphatic heterocycles. The number of hydrogen-bond donors (Lipinski definition) is 1. The van der Waals surface area contributed by atoms with E-state index in [2.05, 4.69) is 25.7 Å². The molecule has 0 atom stereocenters. The molecule has 2 nitrogen and oxygen atoms in total. The molecule has 0 saturated carbocycles. The summed E-state index contributed by atoms with van der Waals surface area (Å²) in [5.74, 6) is 0.396. The minimum atomic E-state index is -0.388. The fourth-order valence-electron chi connectivity index (χ4n) is 2.54. The summed E-state index contributed by atoms with van der Waals surface area (Å²) in [5, 5.41) is 10.1. The van der Waals surface area contributed by atoms with Crippen LogP contribution in [0.25, 0.3) is 0 Å². The van der Waals surface area contributed by atoms with Crippen LogP contribution in [0.5, 0.6) is 0 Å². The predicted molar refractivity (Wildman–Crippen MR) is 74.2 cm³/mol. The normalized spacial score (nSPS) is 19.6. The summed E-state index contributed by atoms with van der Waals surface area (Å²) in [6.45, 7) is 9.46. The highest BCUT2D eigenvalue weighted by molar-refractivity contribution is 4.97. The summed E-state index contributed by atoms with van der Waals surface area (Å²) in [4.78, 5) is 2.39. The Bertz CT molecular complexity index is 197. The van der Waals surface area contributed by atoms with E-state index in [1.54, 1.807) is 0 Å². The second kappa shape index (κ2) is 7.38. The Hall–Kier alpha value is -0.0800. The molecule has 0 aromatic carbocycles. The first-order chi connectivity index (χ1) is 8.08. The molecule has 1 saturated heterocycles. The van der Waals surface area contributed by atoms with Crippen LogP contribution in [0.4, 0.5) is 0 Å². The van der Waals surface area contributed by atoms with E-state index in [0.717, 1.165) is 13.1 Å². The van der Waals surface area contributed by atoms with Gasteiger partial charge in [0.1, 0.15) is 0 Å². The zero-order valence-corrected chi connectivity index (χ0v) is 12.0. The van der Waals surface area contributed by atoms with E-state index in [0.29, 0.717) is 5.92 Å². The molecule has 17 heavy (non-hydrogen) atoms. The topological polar surface area (TPSA) is 23.5 Å². The van der Waals surface area contributed by atoms with E-state index in [9.17, 15) is 5.11 Å². The molecule has 0 spiro atoms. The third-order valence-corrected chi connectivity index (χ3v) is 4.15. The Morgan fingerprint density at radius 1 is 1.00 bits per heavy atom. The molecule has 0 aromatic heterocycles. The molecule has 0 amide bonds. The van der Waals surface area contributed by atoms with Gasteiger partial charge in [0.2, 0.25) is 0 Å². The van der Waals surface area contributed by atoms with Crippen molar-refractivity contribution in [1.82, 2.24) is 4.90 Å². The van der Waals surface area contributed by atoms with Crippen molar-refractivity contribution in [3.63, 3.8) is 0 Å². The van der Waals surface area contributed by atoms with Gasteiger partial charge in [0, 0.05) is 13.1 Å². The lowest BCUT2D eigenvalue weighted by molar-refractivity contribution is -0.127. The maximum absolute atomic E-state index is 10.1. The van der Waals surface area contributed by atoms with Crippen LogP contribution >= 0.6 is 0 Å². The molecule has 0 aromatic rings. The number of aliphatic hydroxyl groups is 1. The molecule has 0 aliphatic carbocycles. The van der Waals surface area contributed by atoms with Crippen LogP contribution in [0.1, 0.15) is 65.7 Å². The minimum absolute atomic E-state index is 0.388. The maximum Gasteiger partial charge on any atom is 0.0922 e. The molecule has 0 radical (unpaired) electrons. The lowest BCUT2D eigenvalue weighted by atomic mass is 9.83. The van der Waals surface area contributed by atoms with Gasteiger partial charge in [-0.1, -0.05) is 59.3 Å². The third kappa shape index (κ3) is 4.97. The second-order valence-corrected chi connectivity index (χ2v) is 6.09. The first kappa shape index (κ1) is 15.0. The van der Waals surface area contributed by atoms with Gasteiger partial charge in [-0.25, -0.2) is 0 Å². The van der Waals surface area contributed by atoms with Crippen LogP contribution in [-0.2, 0) is 0 Å². The van der Waals surface area contributed by atoms with Crippen molar-refractivity contribution in [3.05, 3.63) is 0 Å². The van der Waals surface area contributed by atoms with Crippen LogP contribution in [0.2, 0.25) is 0 Å². The highest BCUT2D eigenvalue weighted by atomic mass is 16.3. The van der Waals surface area contributed by atoms with E-state index in [1.165, 1.54) is 51.5 Å². The molecule has 2 heteroatoms. The van der Waals surface area contributed by atoms with Gasteiger partial charge < -0.3 is 5.11 Å². The number of β-amino-alcohol motifs (C(OH)–C–C–N with tert-alkyl or cyclic N) is 1. The molecule has 1 heterocycles. The van der Waals surface area contributed by atoms with Crippen LogP contribution in [0.15, 0.2) is 0 Å². The van der Waals surface area contributed by atoms with Crippen molar-refractivity contribution in [2.75, 3.05) is 19.6 Å². The van der Waals surface area contributed by atoms with Gasteiger partial charge in [0.05, 0.1) is 5.60 Å². The molecule has 1 rings (SSSR count). The standard InChI is InChI=1S/C15H31NO/c1-4-5-6-7-8-9-10-11-16-12-15(17,13-16)14(2)3/h14,17H,4-13H2,1-3H3. The van der Waals surface area contributed by atoms with Gasteiger partial charge in [0.25, 0.3) is 0 Å². The Morgan fingerprint density at radius 3 is 2.06 bits per heavy atom. The van der Waals surface area contributed by atoms with E-state index in [1.807, 2.05) is 0 Å². The quantitative estimate of drug-likeness (QED) is 0.625. The van der Waals surface area contributed by atoms with Crippen LogP contribution in [0.3, 0.4) is 0 Å². The smallest absolute Gasteiger partial charge is 0.0922 e. The van der Waals surface area contributed by atoms with Gasteiger partial charge in [-0.05, 0) is 18.9 Å². The molecular formula is C15H31NO. The van der Waals surface area contributed by atoms with Crippen molar-refractivity contribution >= 4 is 0 Å². The first-order valence-electron chi connectivity index (χ1n) is 7.53. The Morgan fingerprint density at radius 2 is 1.53 bits per heavy atom. The Labute approximate surface area is 107 Å². The molecule has 0 bridgehead atoms. The van der Waals surface area contributed by atoms with Crippen molar-refractivity contribution in [3.8, 4) is 0 Å². The van der Waals surface area contributed by atoms with Gasteiger partial charge in [0.15, 0.2) is 0 Å². The van der Waals surface area contributed by atoms with Gasteiger partial charge >= 0.3 is 0 Å². The van der Waals surface area contributed by atoms with Crippen molar-refractivity contribution in [1.29, 1.82) is 0 Å². The minimum Gasteiger partial charge on any atom is -0.387 e. The molecule has 0 unspecified atom stereocenters. The van der Waals surface area contributed by atoms with Gasteiger partial charge in [-0.3, -0.25) is 4.90 Å². The Balaban J connectivity index is 1.89. The van der Waals surface area contributed by atoms with Gasteiger partial charge in [-0.2, -0.15) is 0 Å². The van der Waals surface area contributed by atoms with Crippen LogP contribution < -0.4 is 0 Å². The SMILES string of the molecule is CCCCCCCCCN1CC(O)(C(C)C)C1. The fraction of sp³-hybridized carbons (Fsp3) is 1.00. The summed E-state index contributed by atoms with van der Waals surface area (Å²) < 4.78 is 0. The highest BCUT2D eigenvalue weighted by Crippen LogP contribution is 2.28. The fourth-order valence-corrected chi connectivity index (χ4v) is 2.54. The van der Waals surface area contributed by atoms with Crippen molar-refractivity contribution < 1.29 is 5.11 Å². The van der Waals surface area contributed by atoms with E-state index in [4.69, 9.17) is 0 Å². The summed E-state index contributed by atoms with van der Waals surface area (Å²) in [6, 6.07) is 0. The number of nitrogens with zero attached hydrogens (tertiary/aromatic N) is 1. The van der Waals surface area contributed by atoms with Crippen molar-refractivity contribution in [2.45, 2.75) is 71.3 Å². The largest absolute Gasteiger partial charge is 0.387 e.